The Balaban J connectivity index is 2.05. The average molecular weight is 291 g/mol. The van der Waals surface area contributed by atoms with Crippen molar-refractivity contribution in [2.45, 2.75) is 25.8 Å². The number of rotatable bonds is 6. The van der Waals surface area contributed by atoms with E-state index in [4.69, 9.17) is 10.5 Å². The van der Waals surface area contributed by atoms with E-state index >= 15 is 0 Å². The molecular formula is C14H21N5O2. The van der Waals surface area contributed by atoms with Crippen molar-refractivity contribution in [2.24, 2.45) is 12.8 Å². The third-order valence-electron chi connectivity index (χ3n) is 3.33. The Morgan fingerprint density at radius 1 is 1.57 bits per heavy atom. The van der Waals surface area contributed by atoms with Gasteiger partial charge in [0.25, 0.3) is 0 Å². The predicted octanol–water partition coefficient (Wildman–Crippen LogP) is 0.969. The maximum absolute atomic E-state index is 12.0. The Labute approximate surface area is 123 Å². The highest BCUT2D eigenvalue weighted by molar-refractivity contribution is 5.96. The number of amides is 1. The molecule has 0 aliphatic heterocycles. The van der Waals surface area contributed by atoms with Crippen molar-refractivity contribution in [3.8, 4) is 0 Å². The van der Waals surface area contributed by atoms with Gasteiger partial charge in [-0.05, 0) is 25.8 Å². The number of methoxy groups -OCH3 is 1. The monoisotopic (exact) mass is 291 g/mol. The number of ether oxygens (including phenoxy) is 1. The van der Waals surface area contributed by atoms with Crippen LogP contribution in [0.3, 0.4) is 0 Å². The number of anilines is 1. The Kier molecular flexibility index (Phi) is 4.87. The number of nitrogens with zero attached hydrogens (tertiary/aromatic N) is 3. The van der Waals surface area contributed by atoms with Crippen LogP contribution in [0.25, 0.3) is 11.0 Å². The van der Waals surface area contributed by atoms with Crippen LogP contribution < -0.4 is 11.1 Å². The number of hydrogen-bond acceptors (Lipinski definition) is 5. The SMILES string of the molecule is COCCCC(N)C(=O)Nc1cnc2c(c1)c(C)nn2C. The van der Waals surface area contributed by atoms with Crippen molar-refractivity contribution < 1.29 is 9.53 Å². The molecule has 0 spiro atoms. The molecule has 0 fully saturated rings. The summed E-state index contributed by atoms with van der Waals surface area (Å²) in [5.41, 5.74) is 8.14. The van der Waals surface area contributed by atoms with Gasteiger partial charge < -0.3 is 15.8 Å². The first kappa shape index (κ1) is 15.4. The van der Waals surface area contributed by atoms with Gasteiger partial charge in [0.15, 0.2) is 5.65 Å². The normalized spacial score (nSPS) is 12.6. The summed E-state index contributed by atoms with van der Waals surface area (Å²) in [6, 6.07) is 1.32. The van der Waals surface area contributed by atoms with Crippen LogP contribution in [0.4, 0.5) is 5.69 Å². The molecule has 3 N–H and O–H groups in total. The van der Waals surface area contributed by atoms with Gasteiger partial charge in [-0.25, -0.2) is 4.98 Å². The Bertz CT molecular complexity index is 638. The number of nitrogens with one attached hydrogen (secondary N) is 1. The van der Waals surface area contributed by atoms with Crippen molar-refractivity contribution in [3.63, 3.8) is 0 Å². The minimum atomic E-state index is -0.550. The van der Waals surface area contributed by atoms with Gasteiger partial charge in [-0.3, -0.25) is 9.48 Å². The second kappa shape index (κ2) is 6.64. The quantitative estimate of drug-likeness (QED) is 0.773. The van der Waals surface area contributed by atoms with Gasteiger partial charge in [0, 0.05) is 26.2 Å². The number of aryl methyl sites for hydroxylation is 2. The standard InChI is InChI=1S/C14H21N5O2/c1-9-11-7-10(8-16-13(11)19(2)18-9)17-14(20)12(15)5-4-6-21-3/h7-8,12H,4-6,15H2,1-3H3,(H,17,20). The van der Waals surface area contributed by atoms with E-state index in [1.807, 2.05) is 20.0 Å². The molecule has 0 saturated carbocycles. The topological polar surface area (TPSA) is 95.1 Å². The maximum atomic E-state index is 12.0. The lowest BCUT2D eigenvalue weighted by Crippen LogP contribution is -2.35. The molecule has 0 aliphatic rings. The lowest BCUT2D eigenvalue weighted by molar-refractivity contribution is -0.117. The smallest absolute Gasteiger partial charge is 0.241 e. The molecule has 21 heavy (non-hydrogen) atoms. The van der Waals surface area contributed by atoms with Crippen LogP contribution in [0.2, 0.25) is 0 Å². The van der Waals surface area contributed by atoms with Crippen molar-refractivity contribution in [1.82, 2.24) is 14.8 Å². The number of carbonyl (C=O) groups excluding carboxylic acids is 1. The summed E-state index contributed by atoms with van der Waals surface area (Å²) in [5.74, 6) is -0.214. The van der Waals surface area contributed by atoms with Gasteiger partial charge in [0.2, 0.25) is 5.91 Å². The molecule has 114 valence electrons. The number of fused-ring (bicyclic) bond motifs is 1. The summed E-state index contributed by atoms with van der Waals surface area (Å²) < 4.78 is 6.66. The number of pyridine rings is 1. The van der Waals surface area contributed by atoms with Gasteiger partial charge in [0.1, 0.15) is 0 Å². The van der Waals surface area contributed by atoms with Crippen molar-refractivity contribution in [2.75, 3.05) is 19.0 Å². The Morgan fingerprint density at radius 3 is 3.05 bits per heavy atom. The molecular weight excluding hydrogens is 270 g/mol. The average Bonchev–Trinajstić information content (AvgIpc) is 2.74. The fourth-order valence-electron chi connectivity index (χ4n) is 2.19. The van der Waals surface area contributed by atoms with Crippen LogP contribution in [0.5, 0.6) is 0 Å². The maximum Gasteiger partial charge on any atom is 0.241 e. The van der Waals surface area contributed by atoms with Crippen LogP contribution in [0.1, 0.15) is 18.5 Å². The summed E-state index contributed by atoms with van der Waals surface area (Å²) in [5, 5.41) is 8.01. The second-order valence-corrected chi connectivity index (χ2v) is 5.03. The third-order valence-corrected chi connectivity index (χ3v) is 3.33. The minimum absolute atomic E-state index is 0.214. The van der Waals surface area contributed by atoms with E-state index in [1.165, 1.54) is 0 Å². The van der Waals surface area contributed by atoms with Crippen molar-refractivity contribution >= 4 is 22.6 Å². The lowest BCUT2D eigenvalue weighted by Gasteiger charge is -2.11. The van der Waals surface area contributed by atoms with Gasteiger partial charge in [-0.1, -0.05) is 0 Å². The van der Waals surface area contributed by atoms with E-state index in [2.05, 4.69) is 15.4 Å². The molecule has 1 unspecified atom stereocenters. The highest BCUT2D eigenvalue weighted by atomic mass is 16.5. The molecule has 0 bridgehead atoms. The Hall–Kier alpha value is -1.99. The first-order valence-electron chi connectivity index (χ1n) is 6.87. The molecule has 2 heterocycles. The predicted molar refractivity (Wildman–Crippen MR) is 81.0 cm³/mol. The first-order valence-corrected chi connectivity index (χ1v) is 6.87. The number of nitrogens with two attached hydrogens (primary N) is 1. The zero-order valence-electron chi connectivity index (χ0n) is 12.6. The zero-order valence-corrected chi connectivity index (χ0v) is 12.6. The molecule has 0 aromatic carbocycles. The van der Waals surface area contributed by atoms with Gasteiger partial charge in [0.05, 0.1) is 23.6 Å². The van der Waals surface area contributed by atoms with E-state index in [0.29, 0.717) is 18.7 Å². The van der Waals surface area contributed by atoms with Gasteiger partial charge >= 0.3 is 0 Å². The largest absolute Gasteiger partial charge is 0.385 e. The van der Waals surface area contributed by atoms with Crippen LogP contribution >= 0.6 is 0 Å². The molecule has 0 aliphatic carbocycles. The summed E-state index contributed by atoms with van der Waals surface area (Å²) in [7, 11) is 3.47. The molecule has 1 amide bonds. The first-order chi connectivity index (χ1) is 10.0. The number of aromatic nitrogens is 3. The molecule has 7 heteroatoms. The molecule has 2 rings (SSSR count). The van der Waals surface area contributed by atoms with Crippen LogP contribution in [0, 0.1) is 6.92 Å². The molecule has 0 radical (unpaired) electrons. The summed E-state index contributed by atoms with van der Waals surface area (Å²) in [6.45, 7) is 2.51. The zero-order chi connectivity index (χ0) is 15.4. The van der Waals surface area contributed by atoms with Crippen LogP contribution in [-0.2, 0) is 16.6 Å². The molecule has 7 nitrogen and oxygen atoms in total. The van der Waals surface area contributed by atoms with E-state index in [9.17, 15) is 4.79 Å². The second-order valence-electron chi connectivity index (χ2n) is 5.03. The highest BCUT2D eigenvalue weighted by Crippen LogP contribution is 2.19. The fraction of sp³-hybridized carbons (Fsp3) is 0.500. The van der Waals surface area contributed by atoms with Crippen molar-refractivity contribution in [3.05, 3.63) is 18.0 Å². The summed E-state index contributed by atoms with van der Waals surface area (Å²) in [6.07, 6.45) is 2.95. The Morgan fingerprint density at radius 2 is 2.33 bits per heavy atom. The van der Waals surface area contributed by atoms with Crippen LogP contribution in [-0.4, -0.2) is 40.4 Å². The molecule has 2 aromatic heterocycles. The number of carbonyl (C=O) groups is 1. The van der Waals surface area contributed by atoms with E-state index in [1.54, 1.807) is 18.0 Å². The number of hydrogen-bond donors (Lipinski definition) is 2. The fourth-order valence-corrected chi connectivity index (χ4v) is 2.19. The van der Waals surface area contributed by atoms with Gasteiger partial charge in [-0.15, -0.1) is 0 Å². The van der Waals surface area contributed by atoms with Gasteiger partial charge in [-0.2, -0.15) is 5.10 Å². The lowest BCUT2D eigenvalue weighted by atomic mass is 10.1. The summed E-state index contributed by atoms with van der Waals surface area (Å²) in [4.78, 5) is 16.3. The third kappa shape index (κ3) is 3.56. The molecule has 1 atom stereocenters. The van der Waals surface area contributed by atoms with Crippen molar-refractivity contribution in [1.29, 1.82) is 0 Å². The summed E-state index contributed by atoms with van der Waals surface area (Å²) >= 11 is 0. The molecule has 0 saturated heterocycles. The highest BCUT2D eigenvalue weighted by Gasteiger charge is 2.14. The van der Waals surface area contributed by atoms with E-state index in [0.717, 1.165) is 23.1 Å². The van der Waals surface area contributed by atoms with E-state index < -0.39 is 6.04 Å². The molecule has 2 aromatic rings. The van der Waals surface area contributed by atoms with Crippen LogP contribution in [0.15, 0.2) is 12.3 Å². The minimum Gasteiger partial charge on any atom is -0.385 e. The van der Waals surface area contributed by atoms with E-state index in [-0.39, 0.29) is 5.91 Å².